The molecule has 5 rings (SSSR count). The molecule has 0 saturated carbocycles. The van der Waals surface area contributed by atoms with E-state index in [1.807, 2.05) is 6.20 Å². The number of benzene rings is 2. The molecule has 1 fully saturated rings. The third-order valence-corrected chi connectivity index (χ3v) is 8.87. The van der Waals surface area contributed by atoms with E-state index in [0.717, 1.165) is 48.8 Å². The Balaban J connectivity index is 1.39. The Labute approximate surface area is 244 Å². The highest BCUT2D eigenvalue weighted by molar-refractivity contribution is 9.09. The first-order chi connectivity index (χ1) is 19.4. The van der Waals surface area contributed by atoms with Crippen LogP contribution in [0.25, 0.3) is 5.57 Å². The van der Waals surface area contributed by atoms with Crippen molar-refractivity contribution in [3.8, 4) is 11.5 Å². The maximum Gasteiger partial charge on any atom is 0.411 e. The molecule has 1 saturated heterocycles. The van der Waals surface area contributed by atoms with Crippen LogP contribution in [0.3, 0.4) is 0 Å². The van der Waals surface area contributed by atoms with Crippen molar-refractivity contribution in [2.45, 2.75) is 50.5 Å². The van der Waals surface area contributed by atoms with E-state index in [1.165, 1.54) is 30.4 Å². The second-order valence-electron chi connectivity index (χ2n) is 10.9. The first-order valence-corrected chi connectivity index (χ1v) is 15.2. The molecular formula is C31H38BrN3O5. The Hall–Kier alpha value is -3.04. The largest absolute Gasteiger partial charge is 0.493 e. The number of carbonyl (C=O) groups is 2. The number of fused-ring (bicyclic) bond motifs is 2. The van der Waals surface area contributed by atoms with E-state index in [2.05, 4.69) is 52.1 Å². The molecule has 2 amide bonds. The molecule has 0 spiro atoms. The number of unbranched alkanes of at least 4 members (excludes halogenated alkanes) is 2. The van der Waals surface area contributed by atoms with E-state index in [9.17, 15) is 14.7 Å². The van der Waals surface area contributed by atoms with Crippen LogP contribution in [0.4, 0.5) is 10.5 Å². The topological polar surface area (TPSA) is 82.6 Å². The summed E-state index contributed by atoms with van der Waals surface area (Å²) in [6.45, 7) is 2.90. The van der Waals surface area contributed by atoms with Gasteiger partial charge in [0.2, 0.25) is 0 Å². The lowest BCUT2D eigenvalue weighted by molar-refractivity contribution is 0.0794. The summed E-state index contributed by atoms with van der Waals surface area (Å²) >= 11 is 3.44. The van der Waals surface area contributed by atoms with Gasteiger partial charge in [-0.05, 0) is 87.3 Å². The number of likely N-dealkylation sites (tertiary alicyclic amines) is 1. The number of amides is 2. The minimum Gasteiger partial charge on any atom is -0.493 e. The first-order valence-electron chi connectivity index (χ1n) is 14.1. The Morgan fingerprint density at radius 2 is 1.82 bits per heavy atom. The smallest absolute Gasteiger partial charge is 0.411 e. The van der Waals surface area contributed by atoms with Gasteiger partial charge >= 0.3 is 6.09 Å². The van der Waals surface area contributed by atoms with Crippen molar-refractivity contribution in [1.82, 2.24) is 9.80 Å². The summed E-state index contributed by atoms with van der Waals surface area (Å²) in [4.78, 5) is 31.6. The third kappa shape index (κ3) is 6.00. The normalized spacial score (nSPS) is 19.6. The molecule has 3 aliphatic rings. The average molecular weight is 613 g/mol. The van der Waals surface area contributed by atoms with Gasteiger partial charge in [-0.25, -0.2) is 4.79 Å². The predicted octanol–water partition coefficient (Wildman–Crippen LogP) is 6.20. The molecule has 0 aliphatic carbocycles. The van der Waals surface area contributed by atoms with Crippen molar-refractivity contribution >= 4 is 39.2 Å². The van der Waals surface area contributed by atoms with E-state index < -0.39 is 6.09 Å². The second kappa shape index (κ2) is 12.6. The summed E-state index contributed by atoms with van der Waals surface area (Å²) in [5, 5.41) is 11.1. The summed E-state index contributed by atoms with van der Waals surface area (Å²) in [7, 11) is 3.70. The molecule has 40 heavy (non-hydrogen) atoms. The van der Waals surface area contributed by atoms with Gasteiger partial charge in [-0.3, -0.25) is 9.69 Å². The minimum absolute atomic E-state index is 0.179. The molecule has 214 valence electrons. The van der Waals surface area contributed by atoms with Crippen LogP contribution in [0, 0.1) is 0 Å². The van der Waals surface area contributed by atoms with Crippen LogP contribution in [0.2, 0.25) is 0 Å². The predicted molar refractivity (Wildman–Crippen MR) is 160 cm³/mol. The van der Waals surface area contributed by atoms with Gasteiger partial charge in [0.05, 0.1) is 37.6 Å². The fraction of sp³-hybridized carbons (Fsp3) is 0.484. The lowest BCUT2D eigenvalue weighted by atomic mass is 9.88. The van der Waals surface area contributed by atoms with Crippen LogP contribution in [0.1, 0.15) is 65.9 Å². The number of hydrogen-bond donors (Lipinski definition) is 1. The summed E-state index contributed by atoms with van der Waals surface area (Å²) in [5.74, 6) is 1.22. The van der Waals surface area contributed by atoms with Gasteiger partial charge in [0, 0.05) is 17.6 Å². The quantitative estimate of drug-likeness (QED) is 0.268. The number of alkyl halides is 1. The molecule has 9 heteroatoms. The number of halogens is 1. The van der Waals surface area contributed by atoms with Gasteiger partial charge in [0.25, 0.3) is 5.91 Å². The first kappa shape index (κ1) is 28.5. The fourth-order valence-corrected chi connectivity index (χ4v) is 6.36. The molecule has 8 nitrogen and oxygen atoms in total. The number of ether oxygens (including phenoxy) is 2. The van der Waals surface area contributed by atoms with Gasteiger partial charge in [-0.2, -0.15) is 0 Å². The summed E-state index contributed by atoms with van der Waals surface area (Å²) < 4.78 is 11.5. The van der Waals surface area contributed by atoms with Crippen LogP contribution < -0.4 is 14.4 Å². The van der Waals surface area contributed by atoms with Gasteiger partial charge in [-0.15, -0.1) is 0 Å². The molecule has 0 unspecified atom stereocenters. The highest BCUT2D eigenvalue weighted by Crippen LogP contribution is 2.41. The monoisotopic (exact) mass is 611 g/mol. The third-order valence-electron chi connectivity index (χ3n) is 8.31. The minimum atomic E-state index is -1.10. The average Bonchev–Trinajstić information content (AvgIpc) is 3.35. The molecule has 3 heterocycles. The van der Waals surface area contributed by atoms with Crippen molar-refractivity contribution in [3.63, 3.8) is 0 Å². The molecule has 2 aromatic rings. The fourth-order valence-electron chi connectivity index (χ4n) is 5.96. The van der Waals surface area contributed by atoms with Crippen molar-refractivity contribution in [2.75, 3.05) is 50.6 Å². The highest BCUT2D eigenvalue weighted by Gasteiger charge is 2.39. The van der Waals surface area contributed by atoms with Crippen molar-refractivity contribution in [2.24, 2.45) is 0 Å². The lowest BCUT2D eigenvalue weighted by Crippen LogP contribution is -2.40. The number of piperidine rings is 1. The van der Waals surface area contributed by atoms with Crippen molar-refractivity contribution in [1.29, 1.82) is 0 Å². The molecule has 0 aromatic heterocycles. The van der Waals surface area contributed by atoms with Crippen LogP contribution >= 0.6 is 15.9 Å². The number of anilines is 1. The number of carbonyl (C=O) groups excluding carboxylic acids is 1. The maximum atomic E-state index is 13.8. The Morgan fingerprint density at radius 3 is 2.50 bits per heavy atom. The number of rotatable bonds is 9. The summed E-state index contributed by atoms with van der Waals surface area (Å²) in [6.07, 6.45) is 6.67. The van der Waals surface area contributed by atoms with E-state index in [-0.39, 0.29) is 18.5 Å². The molecule has 2 aromatic carbocycles. The van der Waals surface area contributed by atoms with E-state index >= 15 is 0 Å². The van der Waals surface area contributed by atoms with Crippen molar-refractivity contribution in [3.05, 3.63) is 59.3 Å². The number of carboxylic acid groups (broad SMARTS) is 1. The molecule has 1 atom stereocenters. The molecule has 1 N–H and O–H groups in total. The molecule has 0 bridgehead atoms. The number of hydrogen-bond acceptors (Lipinski definition) is 5. The Morgan fingerprint density at radius 1 is 1.07 bits per heavy atom. The zero-order valence-corrected chi connectivity index (χ0v) is 24.9. The summed E-state index contributed by atoms with van der Waals surface area (Å²) in [6, 6.07) is 11.7. The zero-order valence-electron chi connectivity index (χ0n) is 23.3. The Bertz CT molecular complexity index is 1260. The standard InChI is InChI=1S/C31H38BrN3O5/c1-33-13-10-23(11-14-33)21-6-8-22(9-7-21)24-16-25-20-35(31(37)38)27-18-29(40-15-5-3-4-12-32)28(39-2)17-26(27)30(36)34(25)19-24/h6-9,17-19,23,25H,3-5,10-16,20H2,1-2H3,(H,37,38)/t25-/m0/s1. The van der Waals surface area contributed by atoms with Crippen LogP contribution in [-0.4, -0.2) is 78.7 Å². The van der Waals surface area contributed by atoms with Gasteiger partial charge in [-0.1, -0.05) is 40.2 Å². The van der Waals surface area contributed by atoms with E-state index in [1.54, 1.807) is 17.0 Å². The Kier molecular flexibility index (Phi) is 9.00. The number of methoxy groups -OCH3 is 1. The maximum absolute atomic E-state index is 13.8. The lowest BCUT2D eigenvalue weighted by Gasteiger charge is -2.29. The van der Waals surface area contributed by atoms with E-state index in [0.29, 0.717) is 41.7 Å². The SMILES string of the molecule is COc1cc2c(cc1OCCCCCBr)N(C(=O)O)C[C@@H]1CC(c3ccc(C4CCN(C)CC4)cc3)=CN1C2=O. The van der Waals surface area contributed by atoms with Gasteiger partial charge in [0.15, 0.2) is 11.5 Å². The van der Waals surface area contributed by atoms with E-state index in [4.69, 9.17) is 9.47 Å². The van der Waals surface area contributed by atoms with Crippen molar-refractivity contribution < 1.29 is 24.2 Å². The molecule has 0 radical (unpaired) electrons. The second-order valence-corrected chi connectivity index (χ2v) is 11.7. The summed E-state index contributed by atoms with van der Waals surface area (Å²) in [5.41, 5.74) is 4.10. The van der Waals surface area contributed by atoms with Gasteiger partial charge < -0.3 is 24.4 Å². The highest BCUT2D eigenvalue weighted by atomic mass is 79.9. The van der Waals surface area contributed by atoms with Gasteiger partial charge in [0.1, 0.15) is 0 Å². The zero-order chi connectivity index (χ0) is 28.2. The molecular weight excluding hydrogens is 574 g/mol. The van der Waals surface area contributed by atoms with Crippen LogP contribution in [0.5, 0.6) is 11.5 Å². The number of nitrogens with zero attached hydrogens (tertiary/aromatic N) is 3. The van der Waals surface area contributed by atoms with Crippen LogP contribution in [-0.2, 0) is 0 Å². The molecule has 3 aliphatic heterocycles. The van der Waals surface area contributed by atoms with Crippen LogP contribution in [0.15, 0.2) is 42.6 Å².